The summed E-state index contributed by atoms with van der Waals surface area (Å²) in [6.07, 6.45) is 74.9. The predicted octanol–water partition coefficient (Wildman–Crippen LogP) is 22.9. The Labute approximate surface area is 425 Å². The summed E-state index contributed by atoms with van der Waals surface area (Å²) in [4.78, 5) is 9.84. The SMILES string of the molecule is CCCCCC/C=C/OCC(CCCCCCCCCC)CCCCCCCCCCCC.CCCCCCCC=O.CCCCCCCCCCCCC(CO)CCCCCCCCCC. The Hall–Kier alpha value is -0.830. The summed E-state index contributed by atoms with van der Waals surface area (Å²) in [5, 5.41) is 9.57. The Balaban J connectivity index is -0.00000106. The van der Waals surface area contributed by atoms with Gasteiger partial charge < -0.3 is 14.6 Å². The first-order chi connectivity index (χ1) is 33.1. The predicted molar refractivity (Wildman–Crippen MR) is 305 cm³/mol. The zero-order chi connectivity index (χ0) is 49.5. The summed E-state index contributed by atoms with van der Waals surface area (Å²) in [5.41, 5.74) is 0. The molecule has 0 aliphatic heterocycles. The Bertz CT molecular complexity index is 840. The summed E-state index contributed by atoms with van der Waals surface area (Å²) in [5.74, 6) is 1.35. The van der Waals surface area contributed by atoms with Crippen molar-refractivity contribution in [3.63, 3.8) is 0 Å². The fraction of sp³-hybridized carbons (Fsp3) is 0.953. The van der Waals surface area contributed by atoms with E-state index >= 15 is 0 Å². The molecular formula is C64H130O3. The van der Waals surface area contributed by atoms with E-state index in [0.717, 1.165) is 31.7 Å². The zero-order valence-electron chi connectivity index (χ0n) is 47.6. The lowest BCUT2D eigenvalue weighted by Gasteiger charge is -2.16. The maximum absolute atomic E-state index is 9.84. The number of carbonyl (C=O) groups excluding carboxylic acids is 1. The molecule has 0 radical (unpaired) electrons. The monoisotopic (exact) mass is 947 g/mol. The lowest BCUT2D eigenvalue weighted by molar-refractivity contribution is -0.107. The van der Waals surface area contributed by atoms with E-state index in [1.165, 1.54) is 315 Å². The molecule has 0 saturated carbocycles. The smallest absolute Gasteiger partial charge is 0.119 e. The fourth-order valence-electron chi connectivity index (χ4n) is 9.46. The van der Waals surface area contributed by atoms with Crippen LogP contribution >= 0.6 is 0 Å². The number of hydrogen-bond acceptors (Lipinski definition) is 3. The number of aliphatic hydroxyl groups excluding tert-OH is 1. The van der Waals surface area contributed by atoms with Crippen LogP contribution in [0, 0.1) is 11.8 Å². The Morgan fingerprint density at radius 2 is 0.552 bits per heavy atom. The van der Waals surface area contributed by atoms with Crippen LogP contribution in [0.2, 0.25) is 0 Å². The molecule has 0 bridgehead atoms. The van der Waals surface area contributed by atoms with Crippen molar-refractivity contribution in [2.75, 3.05) is 13.2 Å². The molecule has 67 heavy (non-hydrogen) atoms. The third-order valence-corrected chi connectivity index (χ3v) is 14.3. The number of rotatable bonds is 55. The average molecular weight is 948 g/mol. The zero-order valence-corrected chi connectivity index (χ0v) is 47.6. The van der Waals surface area contributed by atoms with Crippen LogP contribution in [0.5, 0.6) is 0 Å². The van der Waals surface area contributed by atoms with Gasteiger partial charge in [-0.15, -0.1) is 0 Å². The number of aldehydes is 1. The Morgan fingerprint density at radius 1 is 0.313 bits per heavy atom. The van der Waals surface area contributed by atoms with Crippen LogP contribution in [-0.4, -0.2) is 24.6 Å². The molecule has 0 heterocycles. The maximum atomic E-state index is 9.84. The van der Waals surface area contributed by atoms with Crippen molar-refractivity contribution < 1.29 is 14.6 Å². The van der Waals surface area contributed by atoms with Gasteiger partial charge >= 0.3 is 0 Å². The molecule has 0 aliphatic carbocycles. The van der Waals surface area contributed by atoms with Crippen LogP contribution in [0.15, 0.2) is 12.3 Å². The minimum Gasteiger partial charge on any atom is -0.501 e. The molecule has 1 N–H and O–H groups in total. The first kappa shape index (κ1) is 70.4. The van der Waals surface area contributed by atoms with Crippen LogP contribution < -0.4 is 0 Å². The van der Waals surface area contributed by atoms with Gasteiger partial charge in [0.05, 0.1) is 12.9 Å². The lowest BCUT2D eigenvalue weighted by atomic mass is 9.94. The molecule has 0 aromatic heterocycles. The summed E-state index contributed by atoms with van der Waals surface area (Å²) in [6.45, 7) is 15.0. The normalized spacial score (nSPS) is 12.2. The minimum absolute atomic E-state index is 0.411. The van der Waals surface area contributed by atoms with Crippen molar-refractivity contribution in [1.29, 1.82) is 0 Å². The molecule has 2 atom stereocenters. The Kier molecular flexibility index (Phi) is 73.0. The highest BCUT2D eigenvalue weighted by molar-refractivity contribution is 5.48. The van der Waals surface area contributed by atoms with Gasteiger partial charge in [0.2, 0.25) is 0 Å². The standard InChI is InChI=1S/C32H64O.C24H50O.C8H16O/c1-4-7-10-13-16-18-19-21-23-26-29-32(28-25-22-20-17-14-11-8-5-2)31-33-30-27-24-15-12-9-6-3;1-3-5-7-9-11-13-14-16-18-20-22-24(23-25)21-19-17-15-12-10-8-6-4-2;1-2-3-4-5-6-7-8-9/h27,30,32H,4-26,28-29,31H2,1-3H3;24-25H,3-23H2,1-2H3;8H,2-7H2,1H3/b30-27+;;. The topological polar surface area (TPSA) is 46.5 Å². The Morgan fingerprint density at radius 3 is 0.836 bits per heavy atom. The second kappa shape index (κ2) is 69.4. The van der Waals surface area contributed by atoms with Gasteiger partial charge in [0, 0.05) is 13.0 Å². The number of carbonyl (C=O) groups is 1. The van der Waals surface area contributed by atoms with Crippen LogP contribution in [0.4, 0.5) is 0 Å². The second-order valence-electron chi connectivity index (χ2n) is 21.3. The molecule has 0 rings (SSSR count). The van der Waals surface area contributed by atoms with Crippen molar-refractivity contribution in [3.8, 4) is 0 Å². The van der Waals surface area contributed by atoms with Gasteiger partial charge in [-0.1, -0.05) is 318 Å². The quantitative estimate of drug-likeness (QED) is 0.0375. The first-order valence-electron chi connectivity index (χ1n) is 31.4. The second-order valence-corrected chi connectivity index (χ2v) is 21.3. The van der Waals surface area contributed by atoms with E-state index in [1.807, 2.05) is 6.26 Å². The van der Waals surface area contributed by atoms with Crippen LogP contribution in [0.3, 0.4) is 0 Å². The molecule has 3 heteroatoms. The van der Waals surface area contributed by atoms with E-state index in [-0.39, 0.29) is 0 Å². The van der Waals surface area contributed by atoms with Crippen molar-refractivity contribution in [1.82, 2.24) is 0 Å². The number of allylic oxidation sites excluding steroid dienone is 1. The summed E-state index contributed by atoms with van der Waals surface area (Å²) in [6, 6.07) is 0. The molecule has 404 valence electrons. The van der Waals surface area contributed by atoms with Gasteiger partial charge in [0.1, 0.15) is 6.29 Å². The average Bonchev–Trinajstić information content (AvgIpc) is 3.34. The number of unbranched alkanes of at least 4 members (excludes halogenated alkanes) is 41. The number of ether oxygens (including phenoxy) is 1. The molecule has 0 aromatic rings. The third-order valence-electron chi connectivity index (χ3n) is 14.3. The number of hydrogen-bond donors (Lipinski definition) is 1. The molecule has 2 unspecified atom stereocenters. The first-order valence-corrected chi connectivity index (χ1v) is 31.4. The fourth-order valence-corrected chi connectivity index (χ4v) is 9.46. The van der Waals surface area contributed by atoms with E-state index in [9.17, 15) is 9.90 Å². The van der Waals surface area contributed by atoms with Gasteiger partial charge in [-0.05, 0) is 62.9 Å². The minimum atomic E-state index is 0.411. The van der Waals surface area contributed by atoms with Crippen molar-refractivity contribution in [2.24, 2.45) is 11.8 Å². The maximum Gasteiger partial charge on any atom is 0.119 e. The molecule has 0 aliphatic rings. The highest BCUT2D eigenvalue weighted by Gasteiger charge is 2.10. The van der Waals surface area contributed by atoms with E-state index < -0.39 is 0 Å². The largest absolute Gasteiger partial charge is 0.501 e. The van der Waals surface area contributed by atoms with Gasteiger partial charge in [-0.3, -0.25) is 0 Å². The number of aliphatic hydroxyl groups is 1. The van der Waals surface area contributed by atoms with Gasteiger partial charge in [0.15, 0.2) is 0 Å². The highest BCUT2D eigenvalue weighted by atomic mass is 16.5. The van der Waals surface area contributed by atoms with E-state index in [4.69, 9.17) is 4.74 Å². The van der Waals surface area contributed by atoms with Crippen LogP contribution in [0.25, 0.3) is 0 Å². The summed E-state index contributed by atoms with van der Waals surface area (Å²) >= 11 is 0. The van der Waals surface area contributed by atoms with Gasteiger partial charge in [0.25, 0.3) is 0 Å². The van der Waals surface area contributed by atoms with Gasteiger partial charge in [-0.2, -0.15) is 0 Å². The van der Waals surface area contributed by atoms with Crippen molar-refractivity contribution in [3.05, 3.63) is 12.3 Å². The van der Waals surface area contributed by atoms with Crippen molar-refractivity contribution in [2.45, 2.75) is 369 Å². The molecule has 3 nitrogen and oxygen atoms in total. The van der Waals surface area contributed by atoms with Crippen molar-refractivity contribution >= 4 is 6.29 Å². The highest BCUT2D eigenvalue weighted by Crippen LogP contribution is 2.22. The van der Waals surface area contributed by atoms with Crippen LogP contribution in [0.1, 0.15) is 369 Å². The molecule has 0 amide bonds. The van der Waals surface area contributed by atoms with E-state index in [2.05, 4.69) is 47.6 Å². The molecular weight excluding hydrogens is 817 g/mol. The van der Waals surface area contributed by atoms with E-state index in [0.29, 0.717) is 12.5 Å². The summed E-state index contributed by atoms with van der Waals surface area (Å²) in [7, 11) is 0. The summed E-state index contributed by atoms with van der Waals surface area (Å²) < 4.78 is 5.99. The molecule has 0 spiro atoms. The van der Waals surface area contributed by atoms with E-state index in [1.54, 1.807) is 0 Å². The molecule has 0 fully saturated rings. The van der Waals surface area contributed by atoms with Gasteiger partial charge in [-0.25, -0.2) is 0 Å². The lowest BCUT2D eigenvalue weighted by Crippen LogP contribution is -2.08. The molecule has 0 aromatic carbocycles. The third kappa shape index (κ3) is 69.5. The van der Waals surface area contributed by atoms with Crippen LogP contribution in [-0.2, 0) is 9.53 Å². The molecule has 0 saturated heterocycles.